The molecule has 10 heteroatoms. The highest BCUT2D eigenvalue weighted by atomic mass is 35.5. The smallest absolute Gasteiger partial charge is 0.303 e. The van der Waals surface area contributed by atoms with Gasteiger partial charge in [-0.1, -0.05) is 29.3 Å². The van der Waals surface area contributed by atoms with E-state index in [1.165, 1.54) is 6.21 Å². The maximum Gasteiger partial charge on any atom is 0.303 e. The molecule has 1 aromatic heterocycles. The standard InChI is InChI=1S/C13H10Cl2N4O3S/c14-8-2-1-3-9(15)7(8)6-16-19-12(22)10(4-5-11(20)21)17-18-13(19)23/h1-3,6H,4-5H2,(H,18,23)(H,20,21)/b16-6-. The van der Waals surface area contributed by atoms with Gasteiger partial charge in [0.15, 0.2) is 0 Å². The lowest BCUT2D eigenvalue weighted by atomic mass is 10.2. The first-order chi connectivity index (χ1) is 10.9. The fraction of sp³-hybridized carbons (Fsp3) is 0.154. The molecule has 1 aromatic carbocycles. The molecule has 0 amide bonds. The molecule has 0 radical (unpaired) electrons. The summed E-state index contributed by atoms with van der Waals surface area (Å²) >= 11 is 17.0. The van der Waals surface area contributed by atoms with Crippen LogP contribution >= 0.6 is 35.4 Å². The summed E-state index contributed by atoms with van der Waals surface area (Å²) in [7, 11) is 0. The highest BCUT2D eigenvalue weighted by Crippen LogP contribution is 2.22. The number of hydrogen-bond donors (Lipinski definition) is 2. The van der Waals surface area contributed by atoms with Gasteiger partial charge >= 0.3 is 5.97 Å². The van der Waals surface area contributed by atoms with E-state index in [1.807, 2.05) is 0 Å². The molecule has 7 nitrogen and oxygen atoms in total. The number of benzene rings is 1. The van der Waals surface area contributed by atoms with Gasteiger partial charge in [0.25, 0.3) is 5.56 Å². The second-order valence-electron chi connectivity index (χ2n) is 4.37. The van der Waals surface area contributed by atoms with E-state index in [1.54, 1.807) is 18.2 Å². The first-order valence-corrected chi connectivity index (χ1v) is 7.47. The van der Waals surface area contributed by atoms with Gasteiger partial charge in [-0.25, -0.2) is 0 Å². The topological polar surface area (TPSA) is 100 Å². The van der Waals surface area contributed by atoms with Gasteiger partial charge in [0, 0.05) is 12.0 Å². The van der Waals surface area contributed by atoms with Crippen LogP contribution in [-0.2, 0) is 11.2 Å². The summed E-state index contributed by atoms with van der Waals surface area (Å²) in [5.74, 6) is -1.04. The molecule has 0 aliphatic heterocycles. The van der Waals surface area contributed by atoms with E-state index < -0.39 is 11.5 Å². The van der Waals surface area contributed by atoms with Crippen molar-refractivity contribution >= 4 is 47.6 Å². The third-order valence-electron chi connectivity index (χ3n) is 2.80. The summed E-state index contributed by atoms with van der Waals surface area (Å²) in [6.45, 7) is 0. The van der Waals surface area contributed by atoms with Crippen molar-refractivity contribution in [2.75, 3.05) is 0 Å². The van der Waals surface area contributed by atoms with Gasteiger partial charge < -0.3 is 5.11 Å². The van der Waals surface area contributed by atoms with Crippen molar-refractivity contribution in [1.29, 1.82) is 0 Å². The molecule has 1 heterocycles. The van der Waals surface area contributed by atoms with Gasteiger partial charge in [0.1, 0.15) is 5.69 Å². The van der Waals surface area contributed by atoms with Gasteiger partial charge in [-0.3, -0.25) is 14.7 Å². The lowest BCUT2D eigenvalue weighted by Crippen LogP contribution is -2.25. The van der Waals surface area contributed by atoms with Crippen molar-refractivity contribution < 1.29 is 9.90 Å². The monoisotopic (exact) mass is 372 g/mol. The molecule has 120 valence electrons. The number of nitrogens with zero attached hydrogens (tertiary/aromatic N) is 3. The van der Waals surface area contributed by atoms with Gasteiger partial charge in [-0.2, -0.15) is 14.9 Å². The zero-order valence-corrected chi connectivity index (χ0v) is 13.8. The number of aromatic nitrogens is 3. The van der Waals surface area contributed by atoms with Crippen LogP contribution in [0.5, 0.6) is 0 Å². The van der Waals surface area contributed by atoms with Crippen LogP contribution in [0.1, 0.15) is 17.7 Å². The van der Waals surface area contributed by atoms with Crippen LogP contribution in [0.25, 0.3) is 0 Å². The van der Waals surface area contributed by atoms with Gasteiger partial charge in [0.05, 0.1) is 22.7 Å². The zero-order valence-electron chi connectivity index (χ0n) is 11.5. The summed E-state index contributed by atoms with van der Waals surface area (Å²) in [6.07, 6.45) is 1.03. The minimum atomic E-state index is -1.04. The van der Waals surface area contributed by atoms with Crippen molar-refractivity contribution in [2.24, 2.45) is 5.10 Å². The van der Waals surface area contributed by atoms with Crippen LogP contribution in [-0.4, -0.2) is 32.2 Å². The number of carboxylic acid groups (broad SMARTS) is 1. The molecule has 2 N–H and O–H groups in total. The van der Waals surface area contributed by atoms with E-state index in [0.29, 0.717) is 15.6 Å². The fourth-order valence-corrected chi connectivity index (χ4v) is 2.34. The van der Waals surface area contributed by atoms with Crippen molar-refractivity contribution in [2.45, 2.75) is 12.8 Å². The number of aromatic amines is 1. The number of aliphatic carboxylic acids is 1. The minimum absolute atomic E-state index is 0.0170. The van der Waals surface area contributed by atoms with Gasteiger partial charge in [0.2, 0.25) is 4.77 Å². The molecule has 0 fully saturated rings. The maximum atomic E-state index is 12.2. The quantitative estimate of drug-likeness (QED) is 0.620. The number of carbonyl (C=O) groups is 1. The Morgan fingerprint density at radius 3 is 2.70 bits per heavy atom. The number of halogens is 2. The molecular weight excluding hydrogens is 363 g/mol. The number of H-pyrrole nitrogens is 1. The lowest BCUT2D eigenvalue weighted by Gasteiger charge is -2.03. The SMILES string of the molecule is O=C(O)CCc1n[nH]c(=S)n(/N=C\c2c(Cl)cccc2Cl)c1=O. The summed E-state index contributed by atoms with van der Waals surface area (Å²) < 4.78 is 0.868. The maximum absolute atomic E-state index is 12.2. The molecular formula is C13H10Cl2N4O3S. The normalized spacial score (nSPS) is 11.0. The summed E-state index contributed by atoms with van der Waals surface area (Å²) in [4.78, 5) is 22.8. The number of carboxylic acids is 1. The molecule has 0 spiro atoms. The Hall–Kier alpha value is -2.03. The first kappa shape index (κ1) is 17.3. The van der Waals surface area contributed by atoms with Crippen molar-refractivity contribution in [1.82, 2.24) is 14.9 Å². The Morgan fingerprint density at radius 1 is 1.43 bits per heavy atom. The molecule has 0 unspecified atom stereocenters. The average molecular weight is 373 g/mol. The van der Waals surface area contributed by atoms with Crippen LogP contribution in [0.4, 0.5) is 0 Å². The van der Waals surface area contributed by atoms with E-state index in [2.05, 4.69) is 15.3 Å². The second-order valence-corrected chi connectivity index (χ2v) is 5.57. The van der Waals surface area contributed by atoms with E-state index in [9.17, 15) is 9.59 Å². The minimum Gasteiger partial charge on any atom is -0.481 e. The van der Waals surface area contributed by atoms with Crippen molar-refractivity contribution in [3.8, 4) is 0 Å². The summed E-state index contributed by atoms with van der Waals surface area (Å²) in [5, 5.41) is 19.6. The van der Waals surface area contributed by atoms with E-state index in [4.69, 9.17) is 40.5 Å². The Bertz CT molecular complexity index is 871. The van der Waals surface area contributed by atoms with Gasteiger partial charge in [-0.15, -0.1) is 0 Å². The molecule has 0 aliphatic carbocycles. The van der Waals surface area contributed by atoms with Crippen LogP contribution in [0.3, 0.4) is 0 Å². The van der Waals surface area contributed by atoms with Crippen LogP contribution in [0.2, 0.25) is 10.0 Å². The number of hydrogen-bond acceptors (Lipinski definition) is 5. The number of aryl methyl sites for hydroxylation is 1. The molecule has 0 saturated heterocycles. The lowest BCUT2D eigenvalue weighted by molar-refractivity contribution is -0.136. The average Bonchev–Trinajstić information content (AvgIpc) is 2.48. The molecule has 0 atom stereocenters. The molecule has 0 bridgehead atoms. The van der Waals surface area contributed by atoms with E-state index in [-0.39, 0.29) is 23.3 Å². The zero-order chi connectivity index (χ0) is 17.0. The Kier molecular flexibility index (Phi) is 5.64. The Labute approximate surface area is 145 Å². The van der Waals surface area contributed by atoms with Crippen LogP contribution in [0.15, 0.2) is 28.1 Å². The van der Waals surface area contributed by atoms with Crippen LogP contribution < -0.4 is 5.56 Å². The fourth-order valence-electron chi connectivity index (χ4n) is 1.67. The third-order valence-corrected chi connectivity index (χ3v) is 3.72. The van der Waals surface area contributed by atoms with Crippen molar-refractivity contribution in [3.05, 3.63) is 54.6 Å². The summed E-state index contributed by atoms with van der Waals surface area (Å²) in [5.41, 5.74) is -0.154. The molecule has 0 saturated carbocycles. The van der Waals surface area contributed by atoms with E-state index >= 15 is 0 Å². The molecule has 0 aliphatic rings. The second kappa shape index (κ2) is 7.49. The van der Waals surface area contributed by atoms with Crippen LogP contribution in [0, 0.1) is 4.77 Å². The highest BCUT2D eigenvalue weighted by Gasteiger charge is 2.09. The van der Waals surface area contributed by atoms with E-state index in [0.717, 1.165) is 4.68 Å². The number of rotatable bonds is 5. The summed E-state index contributed by atoms with van der Waals surface area (Å²) in [6, 6.07) is 4.93. The predicted molar refractivity (Wildman–Crippen MR) is 89.1 cm³/mol. The molecule has 2 aromatic rings. The molecule has 23 heavy (non-hydrogen) atoms. The Morgan fingerprint density at radius 2 is 2.09 bits per heavy atom. The predicted octanol–water partition coefficient (Wildman–Crippen LogP) is 2.51. The third kappa shape index (κ3) is 4.25. The largest absolute Gasteiger partial charge is 0.481 e. The van der Waals surface area contributed by atoms with Crippen molar-refractivity contribution in [3.63, 3.8) is 0 Å². The highest BCUT2D eigenvalue weighted by molar-refractivity contribution is 7.71. The molecule has 2 rings (SSSR count). The number of nitrogens with one attached hydrogen (secondary N) is 1. The van der Waals surface area contributed by atoms with Gasteiger partial charge in [-0.05, 0) is 24.4 Å². The first-order valence-electron chi connectivity index (χ1n) is 6.31. The Balaban J connectivity index is 2.42.